The van der Waals surface area contributed by atoms with Crippen LogP contribution in [0.4, 0.5) is 0 Å². The Bertz CT molecular complexity index is 833. The number of hydrogen-bond acceptors (Lipinski definition) is 7. The number of rotatable bonds is 8. The molecule has 8 heteroatoms. The van der Waals surface area contributed by atoms with Crippen molar-refractivity contribution in [2.24, 2.45) is 9.98 Å². The van der Waals surface area contributed by atoms with E-state index in [1.165, 1.54) is 0 Å². The van der Waals surface area contributed by atoms with Crippen molar-refractivity contribution >= 4 is 26.1 Å². The smallest absolute Gasteiger partial charge is 0.347 e. The van der Waals surface area contributed by atoms with Gasteiger partial charge in [-0.2, -0.15) is 0 Å². The third-order valence-electron chi connectivity index (χ3n) is 5.86. The Balaban J connectivity index is 2.81. The topological polar surface area (TPSA) is 78.7 Å². The Morgan fingerprint density at radius 3 is 2.22 bits per heavy atom. The van der Waals surface area contributed by atoms with Crippen LogP contribution in [0.15, 0.2) is 40.3 Å². The molecule has 1 aliphatic heterocycles. The molecule has 32 heavy (non-hydrogen) atoms. The van der Waals surface area contributed by atoms with Gasteiger partial charge in [0.25, 0.3) is 5.54 Å². The number of esters is 1. The first kappa shape index (κ1) is 26.1. The average Bonchev–Trinajstić information content (AvgIpc) is 2.73. The van der Waals surface area contributed by atoms with Crippen LogP contribution in [-0.2, 0) is 23.4 Å². The predicted molar refractivity (Wildman–Crippen MR) is 130 cm³/mol. The van der Waals surface area contributed by atoms with Crippen LogP contribution in [-0.4, -0.2) is 58.0 Å². The average molecular weight is 463 g/mol. The van der Waals surface area contributed by atoms with Crippen LogP contribution in [0.25, 0.3) is 0 Å². The van der Waals surface area contributed by atoms with E-state index >= 15 is 0 Å². The van der Waals surface area contributed by atoms with Crippen LogP contribution < -0.4 is 0 Å². The fraction of sp³-hybridized carbons (Fsp3) is 0.625. The van der Waals surface area contributed by atoms with Crippen LogP contribution >= 0.6 is 0 Å². The van der Waals surface area contributed by atoms with Gasteiger partial charge in [0.05, 0.1) is 19.8 Å². The molecule has 0 saturated carbocycles. The van der Waals surface area contributed by atoms with Crippen LogP contribution in [0.1, 0.15) is 53.2 Å². The number of nitrogens with zero attached hydrogens (tertiary/aromatic N) is 2. The number of benzene rings is 1. The van der Waals surface area contributed by atoms with E-state index in [0.717, 1.165) is 5.56 Å². The normalized spacial score (nSPS) is 20.1. The molecule has 1 aromatic rings. The molecule has 1 aliphatic rings. The minimum Gasteiger partial charge on any atom is -0.480 e. The molecule has 0 fully saturated rings. The molecule has 178 valence electrons. The van der Waals surface area contributed by atoms with Crippen molar-refractivity contribution in [2.75, 3.05) is 26.4 Å². The highest BCUT2D eigenvalue weighted by molar-refractivity contribution is 6.74. The number of hydrogen-bond donors (Lipinski definition) is 0. The van der Waals surface area contributed by atoms with Gasteiger partial charge in [0.2, 0.25) is 11.8 Å². The summed E-state index contributed by atoms with van der Waals surface area (Å²) >= 11 is 0. The van der Waals surface area contributed by atoms with E-state index in [9.17, 15) is 4.79 Å². The Hall–Kier alpha value is -2.19. The fourth-order valence-corrected chi connectivity index (χ4v) is 4.47. The molecule has 2 rings (SSSR count). The molecule has 0 saturated heterocycles. The summed E-state index contributed by atoms with van der Waals surface area (Å²) in [6.45, 7) is 17.4. The van der Waals surface area contributed by atoms with E-state index in [2.05, 4.69) is 38.9 Å². The molecule has 0 amide bonds. The van der Waals surface area contributed by atoms with E-state index in [1.54, 1.807) is 6.92 Å². The maximum atomic E-state index is 13.7. The van der Waals surface area contributed by atoms with Crippen LogP contribution in [0.5, 0.6) is 0 Å². The summed E-state index contributed by atoms with van der Waals surface area (Å²) in [4.78, 5) is 23.1. The first-order chi connectivity index (χ1) is 15.0. The van der Waals surface area contributed by atoms with Gasteiger partial charge in [-0.3, -0.25) is 0 Å². The SMILES string of the molecule is CCOC(=O)[C@]1([C@@H](O[Si](C)(C)C(C)(C)C)c2ccccc2)N=C(OCC)CN=C1OCC. The Kier molecular flexibility index (Phi) is 8.65. The van der Waals surface area contributed by atoms with Crippen molar-refractivity contribution in [3.63, 3.8) is 0 Å². The van der Waals surface area contributed by atoms with E-state index < -0.39 is 25.9 Å². The maximum Gasteiger partial charge on any atom is 0.347 e. The molecule has 0 bridgehead atoms. The van der Waals surface area contributed by atoms with E-state index in [-0.39, 0.29) is 24.1 Å². The van der Waals surface area contributed by atoms with Crippen molar-refractivity contribution in [3.05, 3.63) is 35.9 Å². The predicted octanol–water partition coefficient (Wildman–Crippen LogP) is 4.94. The van der Waals surface area contributed by atoms with E-state index in [1.807, 2.05) is 44.2 Å². The number of carbonyl (C=O) groups excluding carboxylic acids is 1. The highest BCUT2D eigenvalue weighted by Crippen LogP contribution is 2.45. The molecule has 0 N–H and O–H groups in total. The molecule has 0 aliphatic carbocycles. The minimum absolute atomic E-state index is 0.0973. The standard InChI is InChI=1S/C24H38N2O5Si/c1-9-28-19-17-25-21(29-10-2)24(26-19,22(27)30-11-3)20(18-15-13-12-14-16-18)31-32(7,8)23(4,5)6/h12-16,20H,9-11,17H2,1-8H3/t20-,24+/m0/s1. The summed E-state index contributed by atoms with van der Waals surface area (Å²) in [7, 11) is -2.37. The van der Waals surface area contributed by atoms with Gasteiger partial charge >= 0.3 is 5.97 Å². The largest absolute Gasteiger partial charge is 0.480 e. The number of aliphatic imine (C=N–C) groups is 2. The third kappa shape index (κ3) is 5.40. The van der Waals surface area contributed by atoms with Gasteiger partial charge in [-0.15, -0.1) is 0 Å². The minimum atomic E-state index is -2.37. The van der Waals surface area contributed by atoms with Gasteiger partial charge in [0.1, 0.15) is 12.6 Å². The van der Waals surface area contributed by atoms with Crippen molar-refractivity contribution in [3.8, 4) is 0 Å². The molecular formula is C24H38N2O5Si. The highest BCUT2D eigenvalue weighted by Gasteiger charge is 2.59. The number of ether oxygens (including phenoxy) is 3. The van der Waals surface area contributed by atoms with Gasteiger partial charge < -0.3 is 18.6 Å². The monoisotopic (exact) mass is 462 g/mol. The Morgan fingerprint density at radius 1 is 1.06 bits per heavy atom. The Labute approximate surface area is 193 Å². The van der Waals surface area contributed by atoms with E-state index in [4.69, 9.17) is 23.6 Å². The lowest BCUT2D eigenvalue weighted by Gasteiger charge is -2.44. The van der Waals surface area contributed by atoms with Crippen molar-refractivity contribution in [2.45, 2.75) is 71.3 Å². The summed E-state index contributed by atoms with van der Waals surface area (Å²) < 4.78 is 24.1. The lowest BCUT2D eigenvalue weighted by molar-refractivity contribution is -0.151. The molecule has 1 heterocycles. The lowest BCUT2D eigenvalue weighted by Crippen LogP contribution is -2.58. The van der Waals surface area contributed by atoms with Gasteiger partial charge in [0, 0.05) is 0 Å². The van der Waals surface area contributed by atoms with Crippen LogP contribution in [0.2, 0.25) is 18.1 Å². The van der Waals surface area contributed by atoms with Crippen molar-refractivity contribution in [1.82, 2.24) is 0 Å². The molecule has 1 aromatic carbocycles. The summed E-state index contributed by atoms with van der Waals surface area (Å²) in [6.07, 6.45) is -0.787. The zero-order valence-corrected chi connectivity index (χ0v) is 21.7. The molecular weight excluding hydrogens is 424 g/mol. The summed E-state index contributed by atoms with van der Waals surface area (Å²) in [5.41, 5.74) is -0.828. The number of carbonyl (C=O) groups is 1. The second kappa shape index (κ2) is 10.6. The van der Waals surface area contributed by atoms with E-state index in [0.29, 0.717) is 19.1 Å². The first-order valence-corrected chi connectivity index (χ1v) is 14.2. The summed E-state index contributed by atoms with van der Waals surface area (Å²) in [5.74, 6) is 0.00917. The molecule has 0 aromatic heterocycles. The second-order valence-corrected chi connectivity index (χ2v) is 13.9. The first-order valence-electron chi connectivity index (χ1n) is 11.3. The van der Waals surface area contributed by atoms with Crippen LogP contribution in [0.3, 0.4) is 0 Å². The quantitative estimate of drug-likeness (QED) is 0.404. The Morgan fingerprint density at radius 2 is 1.69 bits per heavy atom. The highest BCUT2D eigenvalue weighted by atomic mass is 28.4. The molecule has 0 unspecified atom stereocenters. The van der Waals surface area contributed by atoms with Crippen molar-refractivity contribution < 1.29 is 23.4 Å². The van der Waals surface area contributed by atoms with Crippen molar-refractivity contribution in [1.29, 1.82) is 0 Å². The molecule has 0 spiro atoms. The second-order valence-electron chi connectivity index (χ2n) is 9.15. The molecule has 0 radical (unpaired) electrons. The van der Waals surface area contributed by atoms with Gasteiger partial charge in [0.15, 0.2) is 8.32 Å². The maximum absolute atomic E-state index is 13.7. The van der Waals surface area contributed by atoms with Gasteiger partial charge in [-0.1, -0.05) is 51.1 Å². The fourth-order valence-electron chi connectivity index (χ4n) is 3.22. The van der Waals surface area contributed by atoms with Gasteiger partial charge in [-0.25, -0.2) is 14.8 Å². The summed E-state index contributed by atoms with van der Waals surface area (Å²) in [5, 5.41) is -0.0973. The zero-order chi connectivity index (χ0) is 24.0. The molecule has 7 nitrogen and oxygen atoms in total. The van der Waals surface area contributed by atoms with Gasteiger partial charge in [-0.05, 0) is 44.5 Å². The van der Waals surface area contributed by atoms with Crippen LogP contribution in [0, 0.1) is 0 Å². The third-order valence-corrected chi connectivity index (χ3v) is 10.3. The summed E-state index contributed by atoms with van der Waals surface area (Å²) in [6, 6.07) is 9.64. The molecule has 2 atom stereocenters. The lowest BCUT2D eigenvalue weighted by atomic mass is 9.86. The zero-order valence-electron chi connectivity index (χ0n) is 20.7.